The zero-order chi connectivity index (χ0) is 41.9. The van der Waals surface area contributed by atoms with Crippen LogP contribution in [-0.2, 0) is 25.6 Å². The SMILES string of the molecule is C=CCOc1ccc2c(c1)[C@H]1[C@H](CCCCO)[C@@H](CCCCO)C=C3C(=NOC4CCCCO4)C[C@H](N(Cc4cccc5ccccc45)C(=O)OCC)[C@@](OCC=C)(O2)[C@H]31. The highest BCUT2D eigenvalue weighted by molar-refractivity contribution is 6.03. The van der Waals surface area contributed by atoms with Gasteiger partial charge in [-0.05, 0) is 97.4 Å². The van der Waals surface area contributed by atoms with E-state index in [0.717, 1.165) is 72.4 Å². The predicted octanol–water partition coefficient (Wildman–Crippen LogP) is 9.22. The van der Waals surface area contributed by atoms with Crippen LogP contribution in [0.25, 0.3) is 10.8 Å². The maximum absolute atomic E-state index is 14.7. The summed E-state index contributed by atoms with van der Waals surface area (Å²) >= 11 is 0. The molecule has 1 unspecified atom stereocenters. The van der Waals surface area contributed by atoms with Gasteiger partial charge in [-0.3, -0.25) is 4.90 Å². The van der Waals surface area contributed by atoms with Crippen LogP contribution in [0, 0.1) is 17.8 Å². The van der Waals surface area contributed by atoms with Crippen LogP contribution in [0.1, 0.15) is 88.2 Å². The molecule has 2 N–H and O–H groups in total. The average Bonchev–Trinajstić information content (AvgIpc) is 3.27. The van der Waals surface area contributed by atoms with Gasteiger partial charge in [0.05, 0.1) is 38.0 Å². The fourth-order valence-corrected chi connectivity index (χ4v) is 9.93. The lowest BCUT2D eigenvalue weighted by atomic mass is 9.55. The second-order valence-electron chi connectivity index (χ2n) is 16.2. The Morgan fingerprint density at radius 3 is 2.55 bits per heavy atom. The minimum atomic E-state index is -1.43. The molecule has 7 rings (SSSR count). The van der Waals surface area contributed by atoms with E-state index in [2.05, 4.69) is 49.6 Å². The first-order chi connectivity index (χ1) is 29.5. The van der Waals surface area contributed by atoms with Gasteiger partial charge < -0.3 is 38.7 Å². The highest BCUT2D eigenvalue weighted by atomic mass is 16.8. The van der Waals surface area contributed by atoms with Gasteiger partial charge in [0.2, 0.25) is 12.1 Å². The normalized spacial score (nSPS) is 26.2. The number of benzene rings is 3. The molecule has 11 nitrogen and oxygen atoms in total. The second kappa shape index (κ2) is 20.7. The fourth-order valence-electron chi connectivity index (χ4n) is 9.93. The highest BCUT2D eigenvalue weighted by Gasteiger charge is 2.65. The van der Waals surface area contributed by atoms with Crippen molar-refractivity contribution in [2.75, 3.05) is 39.6 Å². The van der Waals surface area contributed by atoms with Crippen molar-refractivity contribution in [3.05, 3.63) is 109 Å². The fraction of sp³-hybridized carbons (Fsp3) is 0.510. The van der Waals surface area contributed by atoms with Crippen molar-refractivity contribution in [1.29, 1.82) is 0 Å². The number of aliphatic hydroxyl groups is 2. The van der Waals surface area contributed by atoms with Crippen molar-refractivity contribution in [3.63, 3.8) is 0 Å². The topological polar surface area (TPSA) is 129 Å². The van der Waals surface area contributed by atoms with Crippen molar-refractivity contribution in [2.24, 2.45) is 22.9 Å². The molecule has 3 aromatic rings. The van der Waals surface area contributed by atoms with Crippen molar-refractivity contribution in [3.8, 4) is 11.5 Å². The number of carbonyl (C=O) groups excluding carboxylic acids is 1. The Morgan fingerprint density at radius 2 is 1.78 bits per heavy atom. The summed E-state index contributed by atoms with van der Waals surface area (Å²) in [6, 6.07) is 19.5. The summed E-state index contributed by atoms with van der Waals surface area (Å²) in [5.74, 6) is -0.567. The standard InChI is InChI=1S/C49H62N2O9/c1-4-27-56-37-23-24-43-41(31-37)46-39(21-10-13-26-53)35(17-9-12-25-52)30-40-42(50-60-45-22-11-14-29-57-45)32-44(49(59-43,47(40)46)58-28-5-2)51(48(54)55-6-3)33-36-19-15-18-34-16-7-8-20-38(34)36/h4-5,7-8,15-16,18-20,23-24,30-31,35,39,44-47,52-53H,1-2,6,9-14,17,21-22,25-29,32-33H2,3H3/t35-,39+,44-,45?,46+,47+,49+/m0/s1. The summed E-state index contributed by atoms with van der Waals surface area (Å²) in [6.07, 6.45) is 12.4. The minimum absolute atomic E-state index is 0.0738. The van der Waals surface area contributed by atoms with Crippen LogP contribution in [0.2, 0.25) is 0 Å². The smallest absolute Gasteiger partial charge is 0.410 e. The third kappa shape index (κ3) is 9.29. The Morgan fingerprint density at radius 1 is 0.983 bits per heavy atom. The van der Waals surface area contributed by atoms with E-state index in [0.29, 0.717) is 43.3 Å². The van der Waals surface area contributed by atoms with Crippen LogP contribution >= 0.6 is 0 Å². The lowest BCUT2D eigenvalue weighted by Crippen LogP contribution is -2.70. The van der Waals surface area contributed by atoms with Crippen LogP contribution in [0.5, 0.6) is 11.5 Å². The minimum Gasteiger partial charge on any atom is -0.490 e. The number of fused-ring (bicyclic) bond motifs is 3. The molecule has 2 fully saturated rings. The number of allylic oxidation sites excluding steroid dienone is 1. The average molecular weight is 823 g/mol. The van der Waals surface area contributed by atoms with E-state index in [9.17, 15) is 15.0 Å². The van der Waals surface area contributed by atoms with Gasteiger partial charge in [0.25, 0.3) is 0 Å². The number of amides is 1. The van der Waals surface area contributed by atoms with E-state index in [1.54, 1.807) is 17.1 Å². The monoisotopic (exact) mass is 822 g/mol. The van der Waals surface area contributed by atoms with Crippen molar-refractivity contribution in [1.82, 2.24) is 4.90 Å². The number of nitrogens with zero attached hydrogens (tertiary/aromatic N) is 2. The number of oxime groups is 1. The molecule has 2 aliphatic heterocycles. The molecule has 11 heteroatoms. The van der Waals surface area contributed by atoms with Gasteiger partial charge >= 0.3 is 6.09 Å². The van der Waals surface area contributed by atoms with Gasteiger partial charge in [-0.1, -0.05) is 85.3 Å². The second-order valence-corrected chi connectivity index (χ2v) is 16.2. The van der Waals surface area contributed by atoms with E-state index in [-0.39, 0.29) is 57.1 Å². The zero-order valence-electron chi connectivity index (χ0n) is 35.1. The van der Waals surface area contributed by atoms with Gasteiger partial charge in [-0.15, -0.1) is 6.58 Å². The molecule has 0 spiro atoms. The van der Waals surface area contributed by atoms with Gasteiger partial charge in [-0.2, -0.15) is 0 Å². The number of carbonyl (C=O) groups is 1. The van der Waals surface area contributed by atoms with E-state index in [1.165, 1.54) is 0 Å². The summed E-state index contributed by atoms with van der Waals surface area (Å²) in [7, 11) is 0. The molecule has 1 amide bonds. The third-order valence-electron chi connectivity index (χ3n) is 12.5. The molecule has 0 aromatic heterocycles. The highest BCUT2D eigenvalue weighted by Crippen LogP contribution is 2.62. The van der Waals surface area contributed by atoms with E-state index >= 15 is 0 Å². The summed E-state index contributed by atoms with van der Waals surface area (Å²) in [4.78, 5) is 22.7. The number of rotatable bonds is 20. The Hall–Kier alpha value is -4.68. The maximum Gasteiger partial charge on any atom is 0.410 e. The van der Waals surface area contributed by atoms with Crippen molar-refractivity contribution >= 4 is 22.6 Å². The number of hydrogen-bond donors (Lipinski definition) is 2. The summed E-state index contributed by atoms with van der Waals surface area (Å²) in [6.45, 7) is 11.5. The molecule has 0 radical (unpaired) electrons. The summed E-state index contributed by atoms with van der Waals surface area (Å²) < 4.78 is 32.6. The van der Waals surface area contributed by atoms with Crippen LogP contribution in [0.4, 0.5) is 4.79 Å². The first-order valence-corrected chi connectivity index (χ1v) is 22.0. The lowest BCUT2D eigenvalue weighted by molar-refractivity contribution is -0.256. The Labute approximate surface area is 354 Å². The third-order valence-corrected chi connectivity index (χ3v) is 12.5. The van der Waals surface area contributed by atoms with Crippen LogP contribution in [0.3, 0.4) is 0 Å². The zero-order valence-corrected chi connectivity index (χ0v) is 35.1. The van der Waals surface area contributed by atoms with E-state index in [1.807, 2.05) is 37.3 Å². The lowest BCUT2D eigenvalue weighted by Gasteiger charge is -2.60. The Balaban J connectivity index is 1.47. The molecule has 1 saturated carbocycles. The molecule has 7 atom stereocenters. The summed E-state index contributed by atoms with van der Waals surface area (Å²) in [5, 5.41) is 26.9. The largest absolute Gasteiger partial charge is 0.490 e. The first-order valence-electron chi connectivity index (χ1n) is 22.0. The van der Waals surface area contributed by atoms with Crippen LogP contribution < -0.4 is 9.47 Å². The van der Waals surface area contributed by atoms with Gasteiger partial charge in [0.15, 0.2) is 0 Å². The molecule has 4 aliphatic rings. The molecule has 1 saturated heterocycles. The quantitative estimate of drug-likeness (QED) is 0.0651. The molecule has 2 heterocycles. The molecule has 2 aliphatic carbocycles. The molecule has 3 aromatic carbocycles. The predicted molar refractivity (Wildman–Crippen MR) is 232 cm³/mol. The molecular weight excluding hydrogens is 761 g/mol. The van der Waals surface area contributed by atoms with Crippen molar-refractivity contribution in [2.45, 2.75) is 102 Å². The number of hydrogen-bond acceptors (Lipinski definition) is 10. The van der Waals surface area contributed by atoms with E-state index in [4.69, 9.17) is 33.7 Å². The first kappa shape index (κ1) is 43.4. The molecule has 0 bridgehead atoms. The number of ether oxygens (including phenoxy) is 5. The summed E-state index contributed by atoms with van der Waals surface area (Å²) in [5.41, 5.74) is 3.61. The van der Waals surface area contributed by atoms with Gasteiger partial charge in [-0.25, -0.2) is 4.79 Å². The maximum atomic E-state index is 14.7. The number of aliphatic hydroxyl groups excluding tert-OH is 2. The molecule has 60 heavy (non-hydrogen) atoms. The van der Waals surface area contributed by atoms with Gasteiger partial charge in [0.1, 0.15) is 24.1 Å². The molecular formula is C49H62N2O9. The Bertz CT molecular complexity index is 1990. The van der Waals surface area contributed by atoms with Crippen LogP contribution in [0.15, 0.2) is 103 Å². The molecule has 322 valence electrons. The Kier molecular flexibility index (Phi) is 15.0. The number of unbranched alkanes of at least 4 members (excludes halogenated alkanes) is 2. The van der Waals surface area contributed by atoms with Gasteiger partial charge in [0, 0.05) is 37.5 Å². The van der Waals surface area contributed by atoms with Crippen molar-refractivity contribution < 1.29 is 43.5 Å². The van der Waals surface area contributed by atoms with E-state index < -0.39 is 30.1 Å². The van der Waals surface area contributed by atoms with Crippen LogP contribution in [-0.4, -0.2) is 84.7 Å².